The largest absolute Gasteiger partial charge is 0.364 e. The van der Waals surface area contributed by atoms with E-state index in [4.69, 9.17) is 17.3 Å². The van der Waals surface area contributed by atoms with E-state index in [2.05, 4.69) is 37.1 Å². The standard InChI is InChI=1S/C17H22ClN7O/c1-3-12-15(18)23-17(14(22-12)16(19)26)21-11-4-5-13(20-10-11)25-8-6-24(2)7-9-25/h4-5,10H,3,6-9H2,1-2H3,(H2,19,26)(H,21,23). The van der Waals surface area contributed by atoms with Crippen molar-refractivity contribution in [3.8, 4) is 0 Å². The summed E-state index contributed by atoms with van der Waals surface area (Å²) in [5, 5.41) is 3.29. The van der Waals surface area contributed by atoms with E-state index in [0.717, 1.165) is 32.0 Å². The molecule has 1 aliphatic rings. The van der Waals surface area contributed by atoms with Crippen LogP contribution in [-0.4, -0.2) is 59.0 Å². The van der Waals surface area contributed by atoms with E-state index in [1.165, 1.54) is 0 Å². The Bertz CT molecular complexity index is 788. The van der Waals surface area contributed by atoms with E-state index < -0.39 is 5.91 Å². The molecule has 0 spiro atoms. The molecule has 0 atom stereocenters. The van der Waals surface area contributed by atoms with Crippen LogP contribution in [-0.2, 0) is 6.42 Å². The van der Waals surface area contributed by atoms with Crippen LogP contribution in [0.15, 0.2) is 18.3 Å². The van der Waals surface area contributed by atoms with Crippen molar-refractivity contribution in [3.05, 3.63) is 34.9 Å². The monoisotopic (exact) mass is 375 g/mol. The Balaban J connectivity index is 1.79. The highest BCUT2D eigenvalue weighted by Crippen LogP contribution is 2.23. The lowest BCUT2D eigenvalue weighted by atomic mass is 10.3. The summed E-state index contributed by atoms with van der Waals surface area (Å²) in [5.74, 6) is 0.492. The zero-order valence-corrected chi connectivity index (χ0v) is 15.6. The number of primary amides is 1. The molecule has 3 rings (SSSR count). The minimum atomic E-state index is -0.659. The number of halogens is 1. The fourth-order valence-corrected chi connectivity index (χ4v) is 3.01. The number of nitrogens with zero attached hydrogens (tertiary/aromatic N) is 5. The number of hydrogen-bond donors (Lipinski definition) is 2. The quantitative estimate of drug-likeness (QED) is 0.819. The average Bonchev–Trinajstić information content (AvgIpc) is 2.63. The van der Waals surface area contributed by atoms with Gasteiger partial charge >= 0.3 is 0 Å². The fourth-order valence-electron chi connectivity index (χ4n) is 2.75. The summed E-state index contributed by atoms with van der Waals surface area (Å²) < 4.78 is 0. The van der Waals surface area contributed by atoms with Crippen LogP contribution in [0.5, 0.6) is 0 Å². The normalized spacial score (nSPS) is 15.1. The minimum absolute atomic E-state index is 0.0643. The third kappa shape index (κ3) is 4.03. The zero-order chi connectivity index (χ0) is 18.7. The Kier molecular flexibility index (Phi) is 5.53. The minimum Gasteiger partial charge on any atom is -0.364 e. The summed E-state index contributed by atoms with van der Waals surface area (Å²) >= 11 is 6.12. The van der Waals surface area contributed by atoms with Gasteiger partial charge in [-0.15, -0.1) is 0 Å². The number of hydrogen-bond acceptors (Lipinski definition) is 7. The maximum Gasteiger partial charge on any atom is 0.271 e. The number of aryl methyl sites for hydroxylation is 1. The predicted molar refractivity (Wildman–Crippen MR) is 102 cm³/mol. The highest BCUT2D eigenvalue weighted by molar-refractivity contribution is 6.30. The van der Waals surface area contributed by atoms with Crippen molar-refractivity contribution >= 4 is 34.8 Å². The molecule has 0 aliphatic carbocycles. The van der Waals surface area contributed by atoms with Crippen LogP contribution in [0.3, 0.4) is 0 Å². The highest BCUT2D eigenvalue weighted by atomic mass is 35.5. The first-order valence-electron chi connectivity index (χ1n) is 8.50. The number of piperazine rings is 1. The van der Waals surface area contributed by atoms with Gasteiger partial charge in [0.15, 0.2) is 16.7 Å². The molecular formula is C17H22ClN7O. The molecule has 1 aliphatic heterocycles. The van der Waals surface area contributed by atoms with Crippen molar-refractivity contribution in [2.75, 3.05) is 43.4 Å². The van der Waals surface area contributed by atoms with Crippen molar-refractivity contribution < 1.29 is 4.79 Å². The van der Waals surface area contributed by atoms with Crippen LogP contribution < -0.4 is 16.0 Å². The third-order valence-electron chi connectivity index (χ3n) is 4.33. The molecule has 9 heteroatoms. The van der Waals surface area contributed by atoms with Crippen LogP contribution >= 0.6 is 11.6 Å². The number of rotatable bonds is 5. The first-order chi connectivity index (χ1) is 12.5. The fraction of sp³-hybridized carbons (Fsp3) is 0.412. The Morgan fingerprint density at radius 2 is 2.00 bits per heavy atom. The van der Waals surface area contributed by atoms with E-state index in [1.807, 2.05) is 19.1 Å². The van der Waals surface area contributed by atoms with Crippen LogP contribution in [0.2, 0.25) is 5.15 Å². The van der Waals surface area contributed by atoms with Crippen LogP contribution in [0.4, 0.5) is 17.3 Å². The van der Waals surface area contributed by atoms with Crippen molar-refractivity contribution in [3.63, 3.8) is 0 Å². The first kappa shape index (κ1) is 18.3. The van der Waals surface area contributed by atoms with E-state index >= 15 is 0 Å². The van der Waals surface area contributed by atoms with Gasteiger partial charge in [-0.05, 0) is 25.6 Å². The van der Waals surface area contributed by atoms with Gasteiger partial charge in [0.25, 0.3) is 5.91 Å². The zero-order valence-electron chi connectivity index (χ0n) is 14.9. The van der Waals surface area contributed by atoms with Gasteiger partial charge in [0.2, 0.25) is 0 Å². The van der Waals surface area contributed by atoms with Crippen LogP contribution in [0.1, 0.15) is 23.1 Å². The molecular weight excluding hydrogens is 354 g/mol. The Morgan fingerprint density at radius 3 is 2.58 bits per heavy atom. The number of carbonyl (C=O) groups is 1. The van der Waals surface area contributed by atoms with E-state index in [0.29, 0.717) is 17.8 Å². The van der Waals surface area contributed by atoms with Crippen LogP contribution in [0, 0.1) is 0 Å². The number of likely N-dealkylation sites (N-methyl/N-ethyl adjacent to an activating group) is 1. The van der Waals surface area contributed by atoms with Gasteiger partial charge < -0.3 is 20.9 Å². The van der Waals surface area contributed by atoms with Crippen molar-refractivity contribution in [2.24, 2.45) is 5.73 Å². The Hall–Kier alpha value is -2.45. The average molecular weight is 376 g/mol. The van der Waals surface area contributed by atoms with Gasteiger partial charge in [-0.2, -0.15) is 0 Å². The predicted octanol–water partition coefficient (Wildman–Crippen LogP) is 1.68. The maximum absolute atomic E-state index is 11.7. The molecule has 0 unspecified atom stereocenters. The molecule has 1 fully saturated rings. The summed E-state index contributed by atoms with van der Waals surface area (Å²) in [4.78, 5) is 29.2. The van der Waals surface area contributed by atoms with Gasteiger partial charge in [-0.3, -0.25) is 4.79 Å². The number of aromatic nitrogens is 3. The molecule has 3 heterocycles. The molecule has 8 nitrogen and oxygen atoms in total. The van der Waals surface area contributed by atoms with E-state index in [1.54, 1.807) is 6.20 Å². The maximum atomic E-state index is 11.7. The Morgan fingerprint density at radius 1 is 1.27 bits per heavy atom. The SMILES string of the molecule is CCc1nc(C(N)=O)c(Nc2ccc(N3CCN(C)CC3)nc2)nc1Cl. The van der Waals surface area contributed by atoms with Gasteiger partial charge in [0, 0.05) is 26.2 Å². The van der Waals surface area contributed by atoms with E-state index in [-0.39, 0.29) is 16.7 Å². The summed E-state index contributed by atoms with van der Waals surface area (Å²) in [6.45, 7) is 5.81. The smallest absolute Gasteiger partial charge is 0.271 e. The van der Waals surface area contributed by atoms with Crippen molar-refractivity contribution in [2.45, 2.75) is 13.3 Å². The molecule has 1 amide bonds. The van der Waals surface area contributed by atoms with Crippen LogP contribution in [0.25, 0.3) is 0 Å². The topological polar surface area (TPSA) is 100 Å². The van der Waals surface area contributed by atoms with Crippen molar-refractivity contribution in [1.29, 1.82) is 0 Å². The van der Waals surface area contributed by atoms with Gasteiger partial charge in [0.05, 0.1) is 17.6 Å². The number of amides is 1. The molecule has 2 aromatic heterocycles. The first-order valence-corrected chi connectivity index (χ1v) is 8.88. The van der Waals surface area contributed by atoms with Gasteiger partial charge in [0.1, 0.15) is 5.82 Å². The molecule has 26 heavy (non-hydrogen) atoms. The lowest BCUT2D eigenvalue weighted by molar-refractivity contribution is 0.0996. The summed E-state index contributed by atoms with van der Waals surface area (Å²) in [7, 11) is 2.12. The molecule has 0 saturated carbocycles. The summed E-state index contributed by atoms with van der Waals surface area (Å²) in [6.07, 6.45) is 2.26. The van der Waals surface area contributed by atoms with Gasteiger partial charge in [-0.25, -0.2) is 15.0 Å². The van der Waals surface area contributed by atoms with Crippen molar-refractivity contribution in [1.82, 2.24) is 19.9 Å². The van der Waals surface area contributed by atoms with E-state index in [9.17, 15) is 4.79 Å². The number of nitrogens with two attached hydrogens (primary N) is 1. The number of nitrogens with one attached hydrogen (secondary N) is 1. The molecule has 0 aromatic carbocycles. The second-order valence-electron chi connectivity index (χ2n) is 6.20. The molecule has 0 bridgehead atoms. The number of carbonyl (C=O) groups excluding carboxylic acids is 1. The molecule has 138 valence electrons. The molecule has 1 saturated heterocycles. The number of pyridine rings is 1. The molecule has 3 N–H and O–H groups in total. The third-order valence-corrected chi connectivity index (χ3v) is 4.63. The van der Waals surface area contributed by atoms with Gasteiger partial charge in [-0.1, -0.05) is 18.5 Å². The second kappa shape index (κ2) is 7.84. The lowest BCUT2D eigenvalue weighted by Gasteiger charge is -2.33. The highest BCUT2D eigenvalue weighted by Gasteiger charge is 2.17. The Labute approximate surface area is 157 Å². The summed E-state index contributed by atoms with van der Waals surface area (Å²) in [6, 6.07) is 3.82. The lowest BCUT2D eigenvalue weighted by Crippen LogP contribution is -2.44. The molecule has 0 radical (unpaired) electrons. The number of anilines is 3. The molecule has 2 aromatic rings. The second-order valence-corrected chi connectivity index (χ2v) is 6.55. The summed E-state index contributed by atoms with van der Waals surface area (Å²) in [5.41, 5.74) is 6.71.